The fourth-order valence-corrected chi connectivity index (χ4v) is 0.638. The van der Waals surface area contributed by atoms with Crippen LogP contribution in [0.25, 0.3) is 0 Å². The summed E-state index contributed by atoms with van der Waals surface area (Å²) in [6, 6.07) is 0. The minimum absolute atomic E-state index is 0.253. The minimum atomic E-state index is -4.29. The van der Waals surface area contributed by atoms with Gasteiger partial charge in [0.25, 0.3) is 0 Å². The summed E-state index contributed by atoms with van der Waals surface area (Å²) in [4.78, 5) is 4.15. The first-order valence-electron chi connectivity index (χ1n) is 4.41. The molecule has 0 heterocycles. The molecule has 0 amide bonds. The Kier molecular flexibility index (Phi) is 6.86. The number of hydroxylamine groups is 1. The van der Waals surface area contributed by atoms with Gasteiger partial charge in [0, 0.05) is 13.2 Å². The van der Waals surface area contributed by atoms with Crippen LogP contribution in [-0.4, -0.2) is 32.5 Å². The van der Waals surface area contributed by atoms with Crippen LogP contribution in [0, 0.1) is 5.92 Å². The highest BCUT2D eigenvalue weighted by molar-refractivity contribution is 4.44. The summed E-state index contributed by atoms with van der Waals surface area (Å²) in [7, 11) is 0. The molecule has 0 aliphatic carbocycles. The van der Waals surface area contributed by atoms with E-state index in [9.17, 15) is 13.2 Å². The Hall–Kier alpha value is -0.330. The lowest BCUT2D eigenvalue weighted by atomic mass is 10.2. The largest absolute Gasteiger partial charge is 0.413 e. The summed E-state index contributed by atoms with van der Waals surface area (Å²) in [6.07, 6.45) is -4.29. The molecule has 86 valence electrons. The van der Waals surface area contributed by atoms with Gasteiger partial charge in [-0.25, -0.2) is 0 Å². The molecule has 0 saturated heterocycles. The zero-order valence-electron chi connectivity index (χ0n) is 8.36. The first-order chi connectivity index (χ1) is 6.42. The van der Waals surface area contributed by atoms with E-state index >= 15 is 0 Å². The topological polar surface area (TPSA) is 30.5 Å². The number of alkyl halides is 3. The van der Waals surface area contributed by atoms with Gasteiger partial charge in [-0.05, 0) is 5.92 Å². The lowest BCUT2D eigenvalue weighted by Gasteiger charge is -2.09. The van der Waals surface area contributed by atoms with Gasteiger partial charge >= 0.3 is 6.18 Å². The number of hydrogen-bond acceptors (Lipinski definition) is 3. The molecular formula is C8H16F3NO2. The zero-order valence-corrected chi connectivity index (χ0v) is 8.36. The van der Waals surface area contributed by atoms with Crippen molar-refractivity contribution in [2.24, 2.45) is 5.92 Å². The molecule has 3 nitrogen and oxygen atoms in total. The SMILES string of the molecule is CC(C)COCCNOCC(F)(F)F. The van der Waals surface area contributed by atoms with Gasteiger partial charge < -0.3 is 4.74 Å². The summed E-state index contributed by atoms with van der Waals surface area (Å²) in [5, 5.41) is 0. The van der Waals surface area contributed by atoms with Gasteiger partial charge in [0.2, 0.25) is 0 Å². The van der Waals surface area contributed by atoms with Gasteiger partial charge in [0.1, 0.15) is 0 Å². The predicted molar refractivity (Wildman–Crippen MR) is 45.7 cm³/mol. The summed E-state index contributed by atoms with van der Waals surface area (Å²) < 4.78 is 39.7. The van der Waals surface area contributed by atoms with Gasteiger partial charge in [-0.1, -0.05) is 13.8 Å². The normalized spacial score (nSPS) is 12.4. The Balaban J connectivity index is 3.07. The lowest BCUT2D eigenvalue weighted by molar-refractivity contribution is -0.190. The van der Waals surface area contributed by atoms with E-state index in [0.29, 0.717) is 19.1 Å². The summed E-state index contributed by atoms with van der Waals surface area (Å²) in [5.41, 5.74) is 2.17. The van der Waals surface area contributed by atoms with Gasteiger partial charge in [-0.15, -0.1) is 0 Å². The molecule has 14 heavy (non-hydrogen) atoms. The van der Waals surface area contributed by atoms with Crippen molar-refractivity contribution >= 4 is 0 Å². The van der Waals surface area contributed by atoms with Crippen LogP contribution in [0.15, 0.2) is 0 Å². The van der Waals surface area contributed by atoms with Crippen molar-refractivity contribution < 1.29 is 22.7 Å². The van der Waals surface area contributed by atoms with Crippen LogP contribution in [0.1, 0.15) is 13.8 Å². The quantitative estimate of drug-likeness (QED) is 0.518. The van der Waals surface area contributed by atoms with E-state index in [4.69, 9.17) is 4.74 Å². The molecule has 0 atom stereocenters. The van der Waals surface area contributed by atoms with Gasteiger partial charge in [-0.3, -0.25) is 4.84 Å². The second-order valence-electron chi connectivity index (χ2n) is 3.27. The van der Waals surface area contributed by atoms with Crippen molar-refractivity contribution in [3.05, 3.63) is 0 Å². The third kappa shape index (κ3) is 11.7. The van der Waals surface area contributed by atoms with E-state index in [0.717, 1.165) is 0 Å². The second kappa shape index (κ2) is 7.03. The maximum Gasteiger partial charge on any atom is 0.413 e. The standard InChI is InChI=1S/C8H16F3NO2/c1-7(2)5-13-4-3-12-14-6-8(9,10)11/h7,12H,3-6H2,1-2H3. The van der Waals surface area contributed by atoms with Gasteiger partial charge in [-0.2, -0.15) is 18.7 Å². The molecule has 0 aromatic rings. The summed E-state index contributed by atoms with van der Waals surface area (Å²) in [6.45, 7) is 3.90. The molecular weight excluding hydrogens is 199 g/mol. The number of hydrogen-bond donors (Lipinski definition) is 1. The first-order valence-corrected chi connectivity index (χ1v) is 4.41. The van der Waals surface area contributed by atoms with Crippen LogP contribution < -0.4 is 5.48 Å². The molecule has 6 heteroatoms. The highest BCUT2D eigenvalue weighted by atomic mass is 19.4. The Bertz CT molecular complexity index is 139. The maximum atomic E-state index is 11.5. The molecule has 0 saturated carbocycles. The van der Waals surface area contributed by atoms with E-state index in [-0.39, 0.29) is 6.54 Å². The molecule has 0 fully saturated rings. The molecule has 0 aliphatic heterocycles. The average molecular weight is 215 g/mol. The van der Waals surface area contributed by atoms with Crippen LogP contribution in [0.4, 0.5) is 13.2 Å². The van der Waals surface area contributed by atoms with Gasteiger partial charge in [0.05, 0.1) is 6.61 Å². The van der Waals surface area contributed by atoms with Crippen molar-refractivity contribution in [1.29, 1.82) is 0 Å². The smallest absolute Gasteiger partial charge is 0.380 e. The first kappa shape index (κ1) is 13.7. The molecule has 0 aromatic heterocycles. The van der Waals surface area contributed by atoms with Crippen LogP contribution >= 0.6 is 0 Å². The lowest BCUT2D eigenvalue weighted by Crippen LogP contribution is -2.27. The van der Waals surface area contributed by atoms with Crippen LogP contribution in [0.3, 0.4) is 0 Å². The average Bonchev–Trinajstić information content (AvgIpc) is 2.00. The number of nitrogens with one attached hydrogen (secondary N) is 1. The van der Waals surface area contributed by atoms with E-state index < -0.39 is 12.8 Å². The summed E-state index contributed by atoms with van der Waals surface area (Å²) in [5.74, 6) is 0.422. The third-order valence-corrected chi connectivity index (χ3v) is 1.14. The Morgan fingerprint density at radius 2 is 1.93 bits per heavy atom. The van der Waals surface area contributed by atoms with E-state index in [2.05, 4.69) is 10.3 Å². The highest BCUT2D eigenvalue weighted by Gasteiger charge is 2.27. The van der Waals surface area contributed by atoms with E-state index in [1.54, 1.807) is 0 Å². The predicted octanol–water partition coefficient (Wildman–Crippen LogP) is 1.74. The highest BCUT2D eigenvalue weighted by Crippen LogP contribution is 2.13. The molecule has 0 rings (SSSR count). The zero-order chi connectivity index (χ0) is 11.0. The maximum absolute atomic E-state index is 11.5. The van der Waals surface area contributed by atoms with E-state index in [1.165, 1.54) is 0 Å². The monoisotopic (exact) mass is 215 g/mol. The van der Waals surface area contributed by atoms with Crippen LogP contribution in [0.2, 0.25) is 0 Å². The molecule has 0 aromatic carbocycles. The Morgan fingerprint density at radius 1 is 1.29 bits per heavy atom. The summed E-state index contributed by atoms with van der Waals surface area (Å²) >= 11 is 0. The molecule has 0 unspecified atom stereocenters. The van der Waals surface area contributed by atoms with Crippen molar-refractivity contribution in [2.75, 3.05) is 26.4 Å². The van der Waals surface area contributed by atoms with Crippen LogP contribution in [-0.2, 0) is 9.57 Å². The second-order valence-corrected chi connectivity index (χ2v) is 3.27. The van der Waals surface area contributed by atoms with Gasteiger partial charge in [0.15, 0.2) is 6.61 Å². The Labute approximate surface area is 81.5 Å². The molecule has 0 radical (unpaired) electrons. The number of rotatable bonds is 7. The Morgan fingerprint density at radius 3 is 2.43 bits per heavy atom. The number of halogens is 3. The molecule has 0 aliphatic rings. The van der Waals surface area contributed by atoms with Crippen LogP contribution in [0.5, 0.6) is 0 Å². The fraction of sp³-hybridized carbons (Fsp3) is 1.00. The molecule has 0 bridgehead atoms. The van der Waals surface area contributed by atoms with Crippen molar-refractivity contribution in [3.63, 3.8) is 0 Å². The molecule has 0 spiro atoms. The van der Waals surface area contributed by atoms with Crippen molar-refractivity contribution in [3.8, 4) is 0 Å². The van der Waals surface area contributed by atoms with E-state index in [1.807, 2.05) is 13.8 Å². The molecule has 1 N–H and O–H groups in total. The van der Waals surface area contributed by atoms with Crippen molar-refractivity contribution in [2.45, 2.75) is 20.0 Å². The number of ether oxygens (including phenoxy) is 1. The van der Waals surface area contributed by atoms with Crippen molar-refractivity contribution in [1.82, 2.24) is 5.48 Å². The minimum Gasteiger partial charge on any atom is -0.380 e. The third-order valence-electron chi connectivity index (χ3n) is 1.14. The fourth-order valence-electron chi connectivity index (χ4n) is 0.638.